The number of methoxy groups -OCH3 is 1. The molecule has 0 aliphatic heterocycles. The fraction of sp³-hybridized carbons (Fsp3) is 0.0714. The van der Waals surface area contributed by atoms with E-state index in [9.17, 15) is 4.79 Å². The Balaban J connectivity index is 2.23. The van der Waals surface area contributed by atoms with E-state index in [4.69, 9.17) is 27.9 Å². The van der Waals surface area contributed by atoms with Crippen molar-refractivity contribution in [3.8, 4) is 5.75 Å². The van der Waals surface area contributed by atoms with Crippen LogP contribution in [-0.2, 0) is 0 Å². The quantitative estimate of drug-likeness (QED) is 0.919. The van der Waals surface area contributed by atoms with Gasteiger partial charge in [-0.1, -0.05) is 23.2 Å². The number of amides is 1. The molecule has 2 rings (SSSR count). The Kier molecular flexibility index (Phi) is 4.30. The lowest BCUT2D eigenvalue weighted by Gasteiger charge is -2.10. The fourth-order valence-electron chi connectivity index (χ4n) is 1.57. The number of carbonyl (C=O) groups excluding carboxylic acids is 1. The van der Waals surface area contributed by atoms with Crippen LogP contribution in [0.4, 0.5) is 5.69 Å². The molecule has 5 heteroatoms. The van der Waals surface area contributed by atoms with Crippen LogP contribution in [0.25, 0.3) is 0 Å². The first-order chi connectivity index (χ1) is 9.10. The minimum Gasteiger partial charge on any atom is -0.495 e. The van der Waals surface area contributed by atoms with Crippen molar-refractivity contribution < 1.29 is 9.53 Å². The van der Waals surface area contributed by atoms with Gasteiger partial charge in [-0.05, 0) is 42.5 Å². The number of carbonyl (C=O) groups is 1. The van der Waals surface area contributed by atoms with Crippen molar-refractivity contribution >= 4 is 34.8 Å². The Hall–Kier alpha value is -1.71. The Morgan fingerprint density at radius 1 is 1.05 bits per heavy atom. The van der Waals surface area contributed by atoms with Crippen molar-refractivity contribution in [2.45, 2.75) is 0 Å². The summed E-state index contributed by atoms with van der Waals surface area (Å²) in [6.07, 6.45) is 0. The second kappa shape index (κ2) is 5.95. The summed E-state index contributed by atoms with van der Waals surface area (Å²) >= 11 is 11.7. The molecule has 0 bridgehead atoms. The Labute approximate surface area is 121 Å². The molecule has 0 atom stereocenters. The van der Waals surface area contributed by atoms with Crippen LogP contribution in [-0.4, -0.2) is 13.0 Å². The Morgan fingerprint density at radius 3 is 2.32 bits per heavy atom. The molecular weight excluding hydrogens is 285 g/mol. The van der Waals surface area contributed by atoms with E-state index in [1.165, 1.54) is 7.11 Å². The van der Waals surface area contributed by atoms with Gasteiger partial charge in [0.05, 0.1) is 12.8 Å². The molecule has 0 unspecified atom stereocenters. The van der Waals surface area contributed by atoms with E-state index >= 15 is 0 Å². The summed E-state index contributed by atoms with van der Waals surface area (Å²) < 4.78 is 5.16. The summed E-state index contributed by atoms with van der Waals surface area (Å²) in [5, 5.41) is 3.85. The average Bonchev–Trinajstić information content (AvgIpc) is 2.39. The van der Waals surface area contributed by atoms with E-state index in [1.54, 1.807) is 42.5 Å². The van der Waals surface area contributed by atoms with E-state index in [2.05, 4.69) is 5.32 Å². The molecule has 0 aromatic heterocycles. The third-order valence-electron chi connectivity index (χ3n) is 2.52. The molecule has 19 heavy (non-hydrogen) atoms. The molecule has 2 aromatic rings. The molecule has 0 heterocycles. The number of anilines is 1. The first-order valence-electron chi connectivity index (χ1n) is 5.50. The van der Waals surface area contributed by atoms with Crippen LogP contribution in [0.5, 0.6) is 5.75 Å². The topological polar surface area (TPSA) is 38.3 Å². The van der Waals surface area contributed by atoms with Crippen molar-refractivity contribution in [3.05, 3.63) is 58.1 Å². The van der Waals surface area contributed by atoms with Crippen molar-refractivity contribution in [2.24, 2.45) is 0 Å². The van der Waals surface area contributed by atoms with Crippen molar-refractivity contribution in [3.63, 3.8) is 0 Å². The van der Waals surface area contributed by atoms with Crippen molar-refractivity contribution in [2.75, 3.05) is 12.4 Å². The van der Waals surface area contributed by atoms with Crippen LogP contribution in [0.1, 0.15) is 10.4 Å². The number of rotatable bonds is 3. The first kappa shape index (κ1) is 13.7. The zero-order valence-electron chi connectivity index (χ0n) is 10.1. The number of ether oxygens (including phenoxy) is 1. The number of benzene rings is 2. The molecule has 0 aliphatic rings. The van der Waals surface area contributed by atoms with Gasteiger partial charge in [0.1, 0.15) is 5.75 Å². The molecule has 0 saturated carbocycles. The maximum Gasteiger partial charge on any atom is 0.255 e. The van der Waals surface area contributed by atoms with E-state index in [0.29, 0.717) is 27.0 Å². The van der Waals surface area contributed by atoms with Crippen LogP contribution in [0.3, 0.4) is 0 Å². The number of hydrogen-bond acceptors (Lipinski definition) is 2. The maximum atomic E-state index is 12.1. The molecule has 1 N–H and O–H groups in total. The predicted molar refractivity (Wildman–Crippen MR) is 77.4 cm³/mol. The summed E-state index contributed by atoms with van der Waals surface area (Å²) in [5.74, 6) is 0.295. The van der Waals surface area contributed by atoms with Gasteiger partial charge in [-0.25, -0.2) is 0 Å². The molecule has 2 aromatic carbocycles. The predicted octanol–water partition coefficient (Wildman–Crippen LogP) is 4.25. The normalized spacial score (nSPS) is 10.1. The van der Waals surface area contributed by atoms with Gasteiger partial charge in [0, 0.05) is 15.6 Å². The van der Waals surface area contributed by atoms with Crippen LogP contribution >= 0.6 is 23.2 Å². The van der Waals surface area contributed by atoms with Gasteiger partial charge in [-0.3, -0.25) is 4.79 Å². The third-order valence-corrected chi connectivity index (χ3v) is 3.00. The Bertz CT molecular complexity index is 597. The zero-order valence-corrected chi connectivity index (χ0v) is 11.6. The first-order valence-corrected chi connectivity index (χ1v) is 6.26. The van der Waals surface area contributed by atoms with Crippen LogP contribution in [0, 0.1) is 0 Å². The highest BCUT2D eigenvalue weighted by Gasteiger charge is 2.10. The van der Waals surface area contributed by atoms with Gasteiger partial charge < -0.3 is 10.1 Å². The summed E-state index contributed by atoms with van der Waals surface area (Å²) in [6.45, 7) is 0. The standard InChI is InChI=1S/C14H11Cl2NO2/c1-19-13-7-6-11(16)8-12(13)17-14(18)9-2-4-10(15)5-3-9/h2-8H,1H3,(H,17,18). The van der Waals surface area contributed by atoms with E-state index in [1.807, 2.05) is 0 Å². The largest absolute Gasteiger partial charge is 0.495 e. The highest BCUT2D eigenvalue weighted by Crippen LogP contribution is 2.28. The number of halogens is 2. The molecule has 0 aliphatic carbocycles. The molecule has 0 saturated heterocycles. The van der Waals surface area contributed by atoms with Gasteiger partial charge in [0.25, 0.3) is 5.91 Å². The summed E-state index contributed by atoms with van der Waals surface area (Å²) in [6, 6.07) is 11.6. The Morgan fingerprint density at radius 2 is 1.68 bits per heavy atom. The summed E-state index contributed by atoms with van der Waals surface area (Å²) in [4.78, 5) is 12.1. The number of hydrogen-bond donors (Lipinski definition) is 1. The van der Waals surface area contributed by atoms with E-state index < -0.39 is 0 Å². The molecule has 3 nitrogen and oxygen atoms in total. The van der Waals surface area contributed by atoms with Gasteiger partial charge in [-0.2, -0.15) is 0 Å². The molecular formula is C14H11Cl2NO2. The lowest BCUT2D eigenvalue weighted by atomic mass is 10.2. The average molecular weight is 296 g/mol. The molecule has 98 valence electrons. The second-order valence-electron chi connectivity index (χ2n) is 3.81. The van der Waals surface area contributed by atoms with Crippen molar-refractivity contribution in [1.29, 1.82) is 0 Å². The number of nitrogens with one attached hydrogen (secondary N) is 1. The smallest absolute Gasteiger partial charge is 0.255 e. The lowest BCUT2D eigenvalue weighted by molar-refractivity contribution is 0.102. The van der Waals surface area contributed by atoms with Gasteiger partial charge in [-0.15, -0.1) is 0 Å². The van der Waals surface area contributed by atoms with Gasteiger partial charge in [0.2, 0.25) is 0 Å². The minimum atomic E-state index is -0.253. The molecule has 0 spiro atoms. The van der Waals surface area contributed by atoms with Crippen LogP contribution < -0.4 is 10.1 Å². The fourth-order valence-corrected chi connectivity index (χ4v) is 1.87. The zero-order chi connectivity index (χ0) is 13.8. The van der Waals surface area contributed by atoms with E-state index in [0.717, 1.165) is 0 Å². The molecule has 0 radical (unpaired) electrons. The second-order valence-corrected chi connectivity index (χ2v) is 4.68. The lowest BCUT2D eigenvalue weighted by Crippen LogP contribution is -2.12. The highest BCUT2D eigenvalue weighted by atomic mass is 35.5. The van der Waals surface area contributed by atoms with Crippen LogP contribution in [0.15, 0.2) is 42.5 Å². The monoisotopic (exact) mass is 295 g/mol. The molecule has 0 fully saturated rings. The summed E-state index contributed by atoms with van der Waals surface area (Å²) in [7, 11) is 1.53. The maximum absolute atomic E-state index is 12.1. The summed E-state index contributed by atoms with van der Waals surface area (Å²) in [5.41, 5.74) is 1.03. The van der Waals surface area contributed by atoms with Gasteiger partial charge >= 0.3 is 0 Å². The van der Waals surface area contributed by atoms with Crippen LogP contribution in [0.2, 0.25) is 10.0 Å². The minimum absolute atomic E-state index is 0.253. The SMILES string of the molecule is COc1ccc(Cl)cc1NC(=O)c1ccc(Cl)cc1. The molecule has 1 amide bonds. The third kappa shape index (κ3) is 3.40. The van der Waals surface area contributed by atoms with E-state index in [-0.39, 0.29) is 5.91 Å². The highest BCUT2D eigenvalue weighted by molar-refractivity contribution is 6.31. The van der Waals surface area contributed by atoms with Crippen molar-refractivity contribution in [1.82, 2.24) is 0 Å². The van der Waals surface area contributed by atoms with Gasteiger partial charge in [0.15, 0.2) is 0 Å².